The minimum atomic E-state index is -0.367. The van der Waals surface area contributed by atoms with Crippen molar-refractivity contribution in [3.05, 3.63) is 35.2 Å². The predicted octanol–water partition coefficient (Wildman–Crippen LogP) is 2.17. The van der Waals surface area contributed by atoms with E-state index in [1.165, 1.54) is 29.7 Å². The van der Waals surface area contributed by atoms with E-state index in [4.69, 9.17) is 5.73 Å². The van der Waals surface area contributed by atoms with Gasteiger partial charge in [0, 0.05) is 10.9 Å². The molecule has 2 amide bonds. The molecule has 4 N–H and O–H groups in total. The summed E-state index contributed by atoms with van der Waals surface area (Å²) in [7, 11) is 0. The maximum absolute atomic E-state index is 11.7. The number of carbonyl (C=O) groups is 2. The Labute approximate surface area is 145 Å². The Morgan fingerprint density at radius 2 is 1.96 bits per heavy atom. The van der Waals surface area contributed by atoms with E-state index in [1.54, 1.807) is 0 Å². The number of nitrogens with one attached hydrogen (secondary N) is 2. The number of benzene rings is 1. The number of amides is 2. The summed E-state index contributed by atoms with van der Waals surface area (Å²) in [6, 6.07) is 8.33. The second-order valence-corrected chi connectivity index (χ2v) is 6.23. The number of aryl methyl sites for hydroxylation is 1. The number of nitrogens with two attached hydrogens (primary N) is 1. The first-order valence-electron chi connectivity index (χ1n) is 7.93. The highest BCUT2D eigenvalue weighted by Crippen LogP contribution is 2.25. The molecule has 1 aromatic carbocycles. The number of thiazole rings is 1. The molecule has 2 rings (SSSR count). The highest BCUT2D eigenvalue weighted by molar-refractivity contribution is 7.14. The molecule has 128 valence electrons. The smallest absolute Gasteiger partial charge is 0.245 e. The predicted molar refractivity (Wildman–Crippen MR) is 96.9 cm³/mol. The summed E-state index contributed by atoms with van der Waals surface area (Å²) in [6.07, 6.45) is 3.46. The molecule has 0 saturated carbocycles. The van der Waals surface area contributed by atoms with Crippen LogP contribution < -0.4 is 16.4 Å². The molecule has 1 heterocycles. The summed E-state index contributed by atoms with van der Waals surface area (Å²) in [4.78, 5) is 27.2. The van der Waals surface area contributed by atoms with Crippen molar-refractivity contribution in [3.63, 3.8) is 0 Å². The lowest BCUT2D eigenvalue weighted by molar-refractivity contribution is -0.123. The van der Waals surface area contributed by atoms with Crippen molar-refractivity contribution in [1.29, 1.82) is 0 Å². The van der Waals surface area contributed by atoms with Gasteiger partial charge in [-0.2, -0.15) is 0 Å². The molecule has 0 unspecified atom stereocenters. The van der Waals surface area contributed by atoms with Crippen LogP contribution in [0.25, 0.3) is 11.3 Å². The van der Waals surface area contributed by atoms with Crippen molar-refractivity contribution in [2.24, 2.45) is 5.73 Å². The molecule has 0 saturated heterocycles. The van der Waals surface area contributed by atoms with E-state index in [2.05, 4.69) is 34.7 Å². The molecule has 0 aliphatic rings. The third kappa shape index (κ3) is 5.43. The van der Waals surface area contributed by atoms with E-state index < -0.39 is 0 Å². The van der Waals surface area contributed by atoms with Crippen LogP contribution in [0.15, 0.2) is 29.6 Å². The number of rotatable bonds is 8. The largest absolute Gasteiger partial charge is 0.346 e. The van der Waals surface area contributed by atoms with Gasteiger partial charge in [-0.1, -0.05) is 37.6 Å². The number of carbonyl (C=O) groups excluding carboxylic acids is 2. The van der Waals surface area contributed by atoms with Gasteiger partial charge in [0.2, 0.25) is 11.8 Å². The van der Waals surface area contributed by atoms with Gasteiger partial charge in [0.05, 0.1) is 18.8 Å². The zero-order valence-electron chi connectivity index (χ0n) is 13.7. The summed E-state index contributed by atoms with van der Waals surface area (Å²) < 4.78 is 0. The van der Waals surface area contributed by atoms with Crippen LogP contribution in [0.5, 0.6) is 0 Å². The number of aromatic nitrogens is 1. The Kier molecular flexibility index (Phi) is 6.89. The van der Waals surface area contributed by atoms with Crippen LogP contribution in [0.2, 0.25) is 0 Å². The van der Waals surface area contributed by atoms with E-state index >= 15 is 0 Å². The summed E-state index contributed by atoms with van der Waals surface area (Å²) >= 11 is 1.35. The van der Waals surface area contributed by atoms with Gasteiger partial charge >= 0.3 is 0 Å². The average molecular weight is 346 g/mol. The van der Waals surface area contributed by atoms with E-state index in [-0.39, 0.29) is 24.9 Å². The fraction of sp³-hybridized carbons (Fsp3) is 0.353. The van der Waals surface area contributed by atoms with Crippen LogP contribution in [0.4, 0.5) is 5.13 Å². The Balaban J connectivity index is 1.92. The van der Waals surface area contributed by atoms with Gasteiger partial charge in [0.25, 0.3) is 0 Å². The topological polar surface area (TPSA) is 97.1 Å². The summed E-state index contributed by atoms with van der Waals surface area (Å²) in [6.45, 7) is 1.93. The fourth-order valence-electron chi connectivity index (χ4n) is 2.10. The molecular weight excluding hydrogens is 324 g/mol. The van der Waals surface area contributed by atoms with Crippen molar-refractivity contribution in [2.75, 3.05) is 18.4 Å². The SMILES string of the molecule is CCCCc1ccc(-c2csc(NC(=O)CNC(=O)CN)n2)cc1. The van der Waals surface area contributed by atoms with E-state index in [0.717, 1.165) is 17.7 Å². The molecule has 0 fully saturated rings. The zero-order valence-corrected chi connectivity index (χ0v) is 14.5. The molecule has 0 radical (unpaired) electrons. The molecule has 7 heteroatoms. The highest BCUT2D eigenvalue weighted by atomic mass is 32.1. The van der Waals surface area contributed by atoms with Gasteiger partial charge in [-0.25, -0.2) is 4.98 Å². The quantitative estimate of drug-likeness (QED) is 0.682. The molecule has 0 aliphatic carbocycles. The molecule has 0 bridgehead atoms. The standard InChI is InChI=1S/C17H22N4O2S/c1-2-3-4-12-5-7-13(8-6-12)14-11-24-17(20-14)21-16(23)10-19-15(22)9-18/h5-8,11H,2-4,9-10,18H2,1H3,(H,19,22)(H,20,21,23). The van der Waals surface area contributed by atoms with Crippen LogP contribution >= 0.6 is 11.3 Å². The van der Waals surface area contributed by atoms with Gasteiger partial charge in [-0.15, -0.1) is 11.3 Å². The van der Waals surface area contributed by atoms with Crippen LogP contribution in [0.3, 0.4) is 0 Å². The third-order valence-electron chi connectivity index (χ3n) is 3.45. The number of hydrogen-bond donors (Lipinski definition) is 3. The lowest BCUT2D eigenvalue weighted by Crippen LogP contribution is -2.36. The van der Waals surface area contributed by atoms with Gasteiger partial charge in [0.1, 0.15) is 0 Å². The van der Waals surface area contributed by atoms with Gasteiger partial charge in [-0.3, -0.25) is 9.59 Å². The second kappa shape index (κ2) is 9.14. The first kappa shape index (κ1) is 18.1. The monoisotopic (exact) mass is 346 g/mol. The van der Waals surface area contributed by atoms with Crippen molar-refractivity contribution in [2.45, 2.75) is 26.2 Å². The lowest BCUT2D eigenvalue weighted by atomic mass is 10.1. The molecule has 0 atom stereocenters. The van der Waals surface area contributed by atoms with Crippen LogP contribution in [0, 0.1) is 0 Å². The molecule has 6 nitrogen and oxygen atoms in total. The minimum absolute atomic E-state index is 0.114. The van der Waals surface area contributed by atoms with Crippen LogP contribution in [-0.4, -0.2) is 29.9 Å². The number of nitrogens with zero attached hydrogens (tertiary/aromatic N) is 1. The second-order valence-electron chi connectivity index (χ2n) is 5.37. The normalized spacial score (nSPS) is 10.4. The van der Waals surface area contributed by atoms with Crippen molar-refractivity contribution in [3.8, 4) is 11.3 Å². The van der Waals surface area contributed by atoms with Crippen molar-refractivity contribution in [1.82, 2.24) is 10.3 Å². The number of anilines is 1. The molecule has 1 aromatic heterocycles. The lowest BCUT2D eigenvalue weighted by Gasteiger charge is -2.03. The Morgan fingerprint density at radius 1 is 1.21 bits per heavy atom. The van der Waals surface area contributed by atoms with Crippen LogP contribution in [0.1, 0.15) is 25.3 Å². The Hall–Kier alpha value is -2.25. The molecule has 0 aliphatic heterocycles. The summed E-state index contributed by atoms with van der Waals surface area (Å²) in [5, 5.41) is 7.48. The molecular formula is C17H22N4O2S. The minimum Gasteiger partial charge on any atom is -0.346 e. The van der Waals surface area contributed by atoms with Gasteiger partial charge in [-0.05, 0) is 18.4 Å². The third-order valence-corrected chi connectivity index (χ3v) is 4.21. The molecule has 0 spiro atoms. The van der Waals surface area contributed by atoms with E-state index in [1.807, 2.05) is 17.5 Å². The van der Waals surface area contributed by atoms with Gasteiger partial charge in [0.15, 0.2) is 5.13 Å². The zero-order chi connectivity index (χ0) is 17.4. The van der Waals surface area contributed by atoms with E-state index in [0.29, 0.717) is 5.13 Å². The summed E-state index contributed by atoms with van der Waals surface area (Å²) in [5.74, 6) is -0.694. The van der Waals surface area contributed by atoms with Crippen LogP contribution in [-0.2, 0) is 16.0 Å². The maximum atomic E-state index is 11.7. The van der Waals surface area contributed by atoms with E-state index in [9.17, 15) is 9.59 Å². The first-order chi connectivity index (χ1) is 11.6. The Morgan fingerprint density at radius 3 is 2.62 bits per heavy atom. The maximum Gasteiger partial charge on any atom is 0.245 e. The van der Waals surface area contributed by atoms with Gasteiger partial charge < -0.3 is 16.4 Å². The number of unbranched alkanes of at least 4 members (excludes halogenated alkanes) is 1. The Bertz CT molecular complexity index is 682. The average Bonchev–Trinajstić information content (AvgIpc) is 3.06. The summed E-state index contributed by atoms with van der Waals surface area (Å²) in [5.41, 5.74) is 8.32. The molecule has 24 heavy (non-hydrogen) atoms. The van der Waals surface area contributed by atoms with Crippen molar-refractivity contribution >= 4 is 28.3 Å². The molecule has 2 aromatic rings. The van der Waals surface area contributed by atoms with Crippen molar-refractivity contribution < 1.29 is 9.59 Å². The highest BCUT2D eigenvalue weighted by Gasteiger charge is 2.09. The first-order valence-corrected chi connectivity index (χ1v) is 8.81. The fourth-order valence-corrected chi connectivity index (χ4v) is 2.84. The number of hydrogen-bond acceptors (Lipinski definition) is 5.